The molecule has 0 heterocycles. The van der Waals surface area contributed by atoms with E-state index in [1.807, 2.05) is 18.2 Å². The van der Waals surface area contributed by atoms with E-state index in [0.29, 0.717) is 42.5 Å². The van der Waals surface area contributed by atoms with Gasteiger partial charge < -0.3 is 14.8 Å². The molecule has 0 bridgehead atoms. The van der Waals surface area contributed by atoms with Gasteiger partial charge in [0.25, 0.3) is 0 Å². The van der Waals surface area contributed by atoms with Crippen LogP contribution in [-0.4, -0.2) is 19.1 Å². The Morgan fingerprint density at radius 1 is 1.12 bits per heavy atom. The number of hydrogen-bond donors (Lipinski definition) is 1. The lowest BCUT2D eigenvalue weighted by Gasteiger charge is -2.09. The summed E-state index contributed by atoms with van der Waals surface area (Å²) in [5.74, 6) is 1.38. The monoisotopic (exact) mass is 345 g/mol. The Kier molecular flexibility index (Phi) is 7.18. The van der Waals surface area contributed by atoms with Crippen LogP contribution in [0.4, 0.5) is 5.69 Å². The number of halogens is 1. The van der Waals surface area contributed by atoms with Gasteiger partial charge in [0.2, 0.25) is 5.91 Å². The maximum absolute atomic E-state index is 12.0. The van der Waals surface area contributed by atoms with Crippen molar-refractivity contribution in [3.63, 3.8) is 0 Å². The first-order valence-corrected chi connectivity index (χ1v) is 8.07. The van der Waals surface area contributed by atoms with Gasteiger partial charge in [0.05, 0.1) is 6.61 Å². The maximum Gasteiger partial charge on any atom is 0.224 e. The highest BCUT2D eigenvalue weighted by Crippen LogP contribution is 2.18. The van der Waals surface area contributed by atoms with Crippen LogP contribution in [0.25, 0.3) is 0 Å². The second-order valence-electron chi connectivity index (χ2n) is 5.08. The number of carbonyl (C=O) groups excluding carboxylic acids is 1. The highest BCUT2D eigenvalue weighted by Gasteiger charge is 2.04. The Hall–Kier alpha value is -2.46. The van der Waals surface area contributed by atoms with Gasteiger partial charge in [0.15, 0.2) is 0 Å². The van der Waals surface area contributed by atoms with Crippen LogP contribution in [0, 0.1) is 0 Å². The Morgan fingerprint density at radius 2 is 1.92 bits per heavy atom. The standard InChI is InChI=1S/C19H20ClNO3/c1-2-12-23-18-6-3-5-16(14-18)21-19(22)7-4-13-24-17-10-8-15(20)9-11-17/h2-3,5-6,8-11,14H,1,4,7,12-13H2,(H,21,22). The molecule has 0 unspecified atom stereocenters. The van der Waals surface area contributed by atoms with Crippen molar-refractivity contribution in [3.05, 3.63) is 66.2 Å². The quantitative estimate of drug-likeness (QED) is 0.529. The van der Waals surface area contributed by atoms with Crippen LogP contribution < -0.4 is 14.8 Å². The van der Waals surface area contributed by atoms with Crippen molar-refractivity contribution >= 4 is 23.2 Å². The first-order chi connectivity index (χ1) is 11.7. The van der Waals surface area contributed by atoms with Crippen molar-refractivity contribution in [2.45, 2.75) is 12.8 Å². The van der Waals surface area contributed by atoms with Crippen LogP contribution in [0.3, 0.4) is 0 Å². The van der Waals surface area contributed by atoms with Crippen LogP contribution >= 0.6 is 11.6 Å². The van der Waals surface area contributed by atoms with E-state index in [1.54, 1.807) is 36.4 Å². The minimum atomic E-state index is -0.0597. The average molecular weight is 346 g/mol. The van der Waals surface area contributed by atoms with Crippen molar-refractivity contribution in [2.24, 2.45) is 0 Å². The number of rotatable bonds is 9. The molecule has 0 aliphatic rings. The van der Waals surface area contributed by atoms with Gasteiger partial charge in [0.1, 0.15) is 18.1 Å². The third-order valence-electron chi connectivity index (χ3n) is 3.12. The predicted molar refractivity (Wildman–Crippen MR) is 96.9 cm³/mol. The maximum atomic E-state index is 12.0. The van der Waals surface area contributed by atoms with E-state index >= 15 is 0 Å². The molecule has 24 heavy (non-hydrogen) atoms. The zero-order chi connectivity index (χ0) is 17.2. The molecule has 0 aromatic heterocycles. The molecule has 5 heteroatoms. The summed E-state index contributed by atoms with van der Waals surface area (Å²) in [6, 6.07) is 14.4. The third-order valence-corrected chi connectivity index (χ3v) is 3.37. The second kappa shape index (κ2) is 9.63. The Bertz CT molecular complexity index is 671. The summed E-state index contributed by atoms with van der Waals surface area (Å²) in [6.45, 7) is 4.50. The number of hydrogen-bond acceptors (Lipinski definition) is 3. The summed E-state index contributed by atoms with van der Waals surface area (Å²) in [6.07, 6.45) is 2.68. The fraction of sp³-hybridized carbons (Fsp3) is 0.211. The van der Waals surface area contributed by atoms with Crippen LogP contribution in [0.15, 0.2) is 61.2 Å². The molecular formula is C19H20ClNO3. The van der Waals surface area contributed by atoms with E-state index in [1.165, 1.54) is 0 Å². The van der Waals surface area contributed by atoms with Crippen molar-refractivity contribution in [1.29, 1.82) is 0 Å². The normalized spacial score (nSPS) is 10.0. The molecule has 1 N–H and O–H groups in total. The van der Waals surface area contributed by atoms with E-state index < -0.39 is 0 Å². The molecule has 0 atom stereocenters. The van der Waals surface area contributed by atoms with E-state index in [9.17, 15) is 4.79 Å². The molecule has 0 radical (unpaired) electrons. The van der Waals surface area contributed by atoms with E-state index in [0.717, 1.165) is 5.75 Å². The molecule has 2 rings (SSSR count). The minimum Gasteiger partial charge on any atom is -0.494 e. The highest BCUT2D eigenvalue weighted by atomic mass is 35.5. The highest BCUT2D eigenvalue weighted by molar-refractivity contribution is 6.30. The largest absolute Gasteiger partial charge is 0.494 e. The summed E-state index contributed by atoms with van der Waals surface area (Å²) in [4.78, 5) is 12.0. The van der Waals surface area contributed by atoms with Gasteiger partial charge >= 0.3 is 0 Å². The lowest BCUT2D eigenvalue weighted by molar-refractivity contribution is -0.116. The summed E-state index contributed by atoms with van der Waals surface area (Å²) in [5.41, 5.74) is 0.709. The number of carbonyl (C=O) groups is 1. The molecule has 0 aliphatic carbocycles. The van der Waals surface area contributed by atoms with Crippen molar-refractivity contribution in [1.82, 2.24) is 0 Å². The summed E-state index contributed by atoms with van der Waals surface area (Å²) < 4.78 is 11.0. The molecule has 0 spiro atoms. The topological polar surface area (TPSA) is 47.6 Å². The van der Waals surface area contributed by atoms with Crippen molar-refractivity contribution in [2.75, 3.05) is 18.5 Å². The SMILES string of the molecule is C=CCOc1cccc(NC(=O)CCCOc2ccc(Cl)cc2)c1. The smallest absolute Gasteiger partial charge is 0.224 e. The number of ether oxygens (including phenoxy) is 2. The molecule has 2 aromatic rings. The molecule has 4 nitrogen and oxygen atoms in total. The predicted octanol–water partition coefficient (Wildman–Crippen LogP) is 4.70. The Morgan fingerprint density at radius 3 is 2.67 bits per heavy atom. The first kappa shape index (κ1) is 17.9. The number of anilines is 1. The van der Waals surface area contributed by atoms with Gasteiger partial charge in [-0.25, -0.2) is 0 Å². The zero-order valence-electron chi connectivity index (χ0n) is 13.3. The van der Waals surface area contributed by atoms with Crippen LogP contribution in [0.2, 0.25) is 5.02 Å². The van der Waals surface area contributed by atoms with Crippen LogP contribution in [0.1, 0.15) is 12.8 Å². The molecule has 126 valence electrons. The van der Waals surface area contributed by atoms with Gasteiger partial charge in [-0.15, -0.1) is 0 Å². The minimum absolute atomic E-state index is 0.0597. The summed E-state index contributed by atoms with van der Waals surface area (Å²) in [5, 5.41) is 3.51. The first-order valence-electron chi connectivity index (χ1n) is 7.69. The molecule has 2 aromatic carbocycles. The summed E-state index contributed by atoms with van der Waals surface area (Å²) in [7, 11) is 0. The lowest BCUT2D eigenvalue weighted by Crippen LogP contribution is -2.12. The lowest BCUT2D eigenvalue weighted by atomic mass is 10.2. The zero-order valence-corrected chi connectivity index (χ0v) is 14.1. The molecule has 1 amide bonds. The van der Waals surface area contributed by atoms with Gasteiger partial charge in [-0.3, -0.25) is 4.79 Å². The van der Waals surface area contributed by atoms with Crippen LogP contribution in [-0.2, 0) is 4.79 Å². The van der Waals surface area contributed by atoms with E-state index in [4.69, 9.17) is 21.1 Å². The number of benzene rings is 2. The third kappa shape index (κ3) is 6.34. The average Bonchev–Trinajstić information content (AvgIpc) is 2.59. The second-order valence-corrected chi connectivity index (χ2v) is 5.52. The number of nitrogens with one attached hydrogen (secondary N) is 1. The van der Waals surface area contributed by atoms with Gasteiger partial charge in [-0.1, -0.05) is 30.3 Å². The fourth-order valence-electron chi connectivity index (χ4n) is 2.00. The molecular weight excluding hydrogens is 326 g/mol. The Balaban J connectivity index is 1.71. The van der Waals surface area contributed by atoms with Crippen LogP contribution in [0.5, 0.6) is 11.5 Å². The molecule has 0 saturated carbocycles. The van der Waals surface area contributed by atoms with Crippen molar-refractivity contribution < 1.29 is 14.3 Å². The molecule has 0 saturated heterocycles. The van der Waals surface area contributed by atoms with E-state index in [-0.39, 0.29) is 5.91 Å². The summed E-state index contributed by atoms with van der Waals surface area (Å²) >= 11 is 5.81. The number of amides is 1. The van der Waals surface area contributed by atoms with Gasteiger partial charge in [0, 0.05) is 23.2 Å². The fourth-order valence-corrected chi connectivity index (χ4v) is 2.12. The van der Waals surface area contributed by atoms with Gasteiger partial charge in [-0.2, -0.15) is 0 Å². The van der Waals surface area contributed by atoms with Crippen molar-refractivity contribution in [3.8, 4) is 11.5 Å². The molecule has 0 aliphatic heterocycles. The van der Waals surface area contributed by atoms with Gasteiger partial charge in [-0.05, 0) is 42.8 Å². The Labute approximate surface area is 147 Å². The molecule has 0 fully saturated rings. The van der Waals surface area contributed by atoms with E-state index in [2.05, 4.69) is 11.9 Å².